The zero-order valence-corrected chi connectivity index (χ0v) is 13.2. The number of hydrogen-bond donors (Lipinski definition) is 2. The Bertz CT molecular complexity index is 369. The number of hydrogen-bond acceptors (Lipinski definition) is 4. The first-order valence-electron chi connectivity index (χ1n) is 8.58. The zero-order chi connectivity index (χ0) is 14.7. The normalized spacial score (nSPS) is 37.2. The topological polar surface area (TPSA) is 53.6 Å². The highest BCUT2D eigenvalue weighted by atomic mass is 16.5. The van der Waals surface area contributed by atoms with Crippen molar-refractivity contribution >= 4 is 5.91 Å². The van der Waals surface area contributed by atoms with Gasteiger partial charge in [0.15, 0.2) is 0 Å². The molecule has 0 radical (unpaired) electrons. The van der Waals surface area contributed by atoms with E-state index in [-0.39, 0.29) is 17.4 Å². The van der Waals surface area contributed by atoms with Crippen LogP contribution in [-0.2, 0) is 9.53 Å². The summed E-state index contributed by atoms with van der Waals surface area (Å²) >= 11 is 0. The van der Waals surface area contributed by atoms with Crippen molar-refractivity contribution in [3.63, 3.8) is 0 Å². The number of carbonyl (C=O) groups is 1. The first-order chi connectivity index (χ1) is 10.2. The van der Waals surface area contributed by atoms with Gasteiger partial charge in [0.25, 0.3) is 0 Å². The Morgan fingerprint density at radius 1 is 1.48 bits per heavy atom. The van der Waals surface area contributed by atoms with Crippen molar-refractivity contribution in [3.8, 4) is 0 Å². The second-order valence-corrected chi connectivity index (χ2v) is 6.87. The predicted octanol–water partition coefficient (Wildman–Crippen LogP) is 0.746. The van der Waals surface area contributed by atoms with Gasteiger partial charge in [-0.15, -0.1) is 0 Å². The van der Waals surface area contributed by atoms with Crippen molar-refractivity contribution < 1.29 is 9.53 Å². The van der Waals surface area contributed by atoms with Crippen LogP contribution in [0.5, 0.6) is 0 Å². The molecule has 3 fully saturated rings. The van der Waals surface area contributed by atoms with E-state index in [1.54, 1.807) is 0 Å². The van der Waals surface area contributed by atoms with Crippen molar-refractivity contribution in [2.24, 2.45) is 5.41 Å². The molecule has 0 spiro atoms. The number of carbonyl (C=O) groups excluding carboxylic acids is 1. The Morgan fingerprint density at radius 2 is 2.38 bits per heavy atom. The fourth-order valence-corrected chi connectivity index (χ4v) is 4.03. The van der Waals surface area contributed by atoms with E-state index >= 15 is 0 Å². The molecule has 3 unspecified atom stereocenters. The van der Waals surface area contributed by atoms with E-state index in [4.69, 9.17) is 4.74 Å². The monoisotopic (exact) mass is 295 g/mol. The van der Waals surface area contributed by atoms with E-state index in [9.17, 15) is 4.79 Å². The van der Waals surface area contributed by atoms with E-state index < -0.39 is 0 Å². The maximum absolute atomic E-state index is 12.6. The summed E-state index contributed by atoms with van der Waals surface area (Å²) in [6.07, 6.45) is 5.72. The summed E-state index contributed by atoms with van der Waals surface area (Å²) in [6.45, 7) is 7.64. The standard InChI is InChI=1S/C16H29N3O2/c1-2-16(6-4-7-17-12-16)15(20)18-9-14-10-19-8-3-5-13(19)11-21-14/h13-14,17H,2-12H2,1H3,(H,18,20). The summed E-state index contributed by atoms with van der Waals surface area (Å²) in [4.78, 5) is 15.1. The van der Waals surface area contributed by atoms with Crippen molar-refractivity contribution in [1.29, 1.82) is 0 Å². The molecule has 3 atom stereocenters. The minimum atomic E-state index is -0.205. The molecular formula is C16H29N3O2. The largest absolute Gasteiger partial charge is 0.373 e. The molecule has 0 bridgehead atoms. The van der Waals surface area contributed by atoms with Gasteiger partial charge in [0, 0.05) is 25.7 Å². The third-order valence-corrected chi connectivity index (χ3v) is 5.58. The smallest absolute Gasteiger partial charge is 0.227 e. The number of ether oxygens (including phenoxy) is 1. The summed E-state index contributed by atoms with van der Waals surface area (Å²) in [5, 5.41) is 6.54. The Morgan fingerprint density at radius 3 is 3.14 bits per heavy atom. The number of morpholine rings is 1. The lowest BCUT2D eigenvalue weighted by atomic mass is 9.77. The van der Waals surface area contributed by atoms with Crippen LogP contribution < -0.4 is 10.6 Å². The van der Waals surface area contributed by atoms with Gasteiger partial charge in [0.05, 0.1) is 18.1 Å². The van der Waals surface area contributed by atoms with Crippen LogP contribution in [0.2, 0.25) is 0 Å². The molecule has 0 aliphatic carbocycles. The average molecular weight is 295 g/mol. The van der Waals surface area contributed by atoms with Gasteiger partial charge < -0.3 is 15.4 Å². The summed E-state index contributed by atoms with van der Waals surface area (Å²) < 4.78 is 5.92. The molecule has 3 aliphatic rings. The van der Waals surface area contributed by atoms with Crippen molar-refractivity contribution in [3.05, 3.63) is 0 Å². The summed E-state index contributed by atoms with van der Waals surface area (Å²) in [7, 11) is 0. The van der Waals surface area contributed by atoms with Gasteiger partial charge in [-0.1, -0.05) is 6.92 Å². The molecular weight excluding hydrogens is 266 g/mol. The molecule has 5 heteroatoms. The molecule has 0 saturated carbocycles. The molecule has 3 saturated heterocycles. The van der Waals surface area contributed by atoms with E-state index in [1.165, 1.54) is 19.4 Å². The Hall–Kier alpha value is -0.650. The third-order valence-electron chi connectivity index (χ3n) is 5.58. The summed E-state index contributed by atoms with van der Waals surface area (Å²) in [5.74, 6) is 0.212. The van der Waals surface area contributed by atoms with Gasteiger partial charge in [-0.3, -0.25) is 9.69 Å². The lowest BCUT2D eigenvalue weighted by Crippen LogP contribution is -2.54. The van der Waals surface area contributed by atoms with E-state index in [2.05, 4.69) is 22.5 Å². The predicted molar refractivity (Wildman–Crippen MR) is 82.2 cm³/mol. The first-order valence-corrected chi connectivity index (χ1v) is 8.58. The van der Waals surface area contributed by atoms with Crippen molar-refractivity contribution in [1.82, 2.24) is 15.5 Å². The molecule has 120 valence electrons. The number of nitrogens with zero attached hydrogens (tertiary/aromatic N) is 1. The molecule has 3 heterocycles. The second kappa shape index (κ2) is 6.63. The second-order valence-electron chi connectivity index (χ2n) is 6.87. The minimum Gasteiger partial charge on any atom is -0.373 e. The maximum atomic E-state index is 12.6. The Labute approximate surface area is 127 Å². The average Bonchev–Trinajstić information content (AvgIpc) is 3.00. The zero-order valence-electron chi connectivity index (χ0n) is 13.2. The molecule has 21 heavy (non-hydrogen) atoms. The first kappa shape index (κ1) is 15.3. The summed E-state index contributed by atoms with van der Waals surface area (Å²) in [6, 6.07) is 0.626. The van der Waals surface area contributed by atoms with E-state index in [1.807, 2.05) is 0 Å². The Balaban J connectivity index is 1.49. The summed E-state index contributed by atoms with van der Waals surface area (Å²) in [5.41, 5.74) is -0.205. The highest BCUT2D eigenvalue weighted by molar-refractivity contribution is 5.83. The van der Waals surface area contributed by atoms with Crippen LogP contribution in [0.1, 0.15) is 39.0 Å². The van der Waals surface area contributed by atoms with Crippen LogP contribution in [0.4, 0.5) is 0 Å². The number of rotatable bonds is 4. The van der Waals surface area contributed by atoms with E-state index in [0.717, 1.165) is 45.5 Å². The molecule has 3 rings (SSSR count). The highest BCUT2D eigenvalue weighted by Crippen LogP contribution is 2.30. The Kier molecular flexibility index (Phi) is 4.82. The van der Waals surface area contributed by atoms with Crippen molar-refractivity contribution in [2.75, 3.05) is 39.3 Å². The van der Waals surface area contributed by atoms with Crippen LogP contribution in [0.3, 0.4) is 0 Å². The molecule has 5 nitrogen and oxygen atoms in total. The van der Waals surface area contributed by atoms with Gasteiger partial charge >= 0.3 is 0 Å². The number of piperidine rings is 1. The van der Waals surface area contributed by atoms with Crippen LogP contribution in [0.25, 0.3) is 0 Å². The lowest BCUT2D eigenvalue weighted by molar-refractivity contribution is -0.133. The SMILES string of the molecule is CCC1(C(=O)NCC2CN3CCCC3CO2)CCCNC1. The van der Waals surface area contributed by atoms with Crippen LogP contribution in [0.15, 0.2) is 0 Å². The number of amides is 1. The van der Waals surface area contributed by atoms with Gasteiger partial charge in [0.1, 0.15) is 0 Å². The van der Waals surface area contributed by atoms with Gasteiger partial charge in [0.2, 0.25) is 5.91 Å². The molecule has 2 N–H and O–H groups in total. The highest BCUT2D eigenvalue weighted by Gasteiger charge is 2.38. The van der Waals surface area contributed by atoms with Crippen LogP contribution in [0, 0.1) is 5.41 Å². The fourth-order valence-electron chi connectivity index (χ4n) is 4.03. The fraction of sp³-hybridized carbons (Fsp3) is 0.938. The molecule has 0 aromatic carbocycles. The van der Waals surface area contributed by atoms with Gasteiger partial charge in [-0.05, 0) is 45.2 Å². The minimum absolute atomic E-state index is 0.161. The number of nitrogens with one attached hydrogen (secondary N) is 2. The van der Waals surface area contributed by atoms with E-state index in [0.29, 0.717) is 12.6 Å². The van der Waals surface area contributed by atoms with Crippen LogP contribution >= 0.6 is 0 Å². The molecule has 0 aromatic rings. The molecule has 3 aliphatic heterocycles. The molecule has 0 aromatic heterocycles. The lowest BCUT2D eigenvalue weighted by Gasteiger charge is -2.38. The van der Waals surface area contributed by atoms with Crippen molar-refractivity contribution in [2.45, 2.75) is 51.2 Å². The number of fused-ring (bicyclic) bond motifs is 1. The third kappa shape index (κ3) is 3.25. The van der Waals surface area contributed by atoms with Crippen LogP contribution in [-0.4, -0.2) is 62.3 Å². The molecule has 1 amide bonds. The van der Waals surface area contributed by atoms with Gasteiger partial charge in [-0.2, -0.15) is 0 Å². The quantitative estimate of drug-likeness (QED) is 0.803. The van der Waals surface area contributed by atoms with Gasteiger partial charge in [-0.25, -0.2) is 0 Å². The maximum Gasteiger partial charge on any atom is 0.227 e.